The van der Waals surface area contributed by atoms with E-state index >= 15 is 0 Å². The van der Waals surface area contributed by atoms with Crippen molar-refractivity contribution in [3.63, 3.8) is 0 Å². The van der Waals surface area contributed by atoms with Gasteiger partial charge in [-0.25, -0.2) is 0 Å². The number of hydrogen-bond acceptors (Lipinski definition) is 6. The van der Waals surface area contributed by atoms with Crippen LogP contribution in [0.4, 0.5) is 0 Å². The van der Waals surface area contributed by atoms with Crippen molar-refractivity contribution in [3.8, 4) is 11.5 Å². The molecule has 4 rings (SSSR count). The maximum Gasteiger partial charge on any atom is 0.235 e. The van der Waals surface area contributed by atoms with E-state index in [1.54, 1.807) is 26.0 Å². The average Bonchev–Trinajstić information content (AvgIpc) is 3.24. The third-order valence-corrected chi connectivity index (χ3v) is 7.78. The van der Waals surface area contributed by atoms with Crippen LogP contribution < -0.4 is 20.5 Å². The number of rotatable bonds is 4. The van der Waals surface area contributed by atoms with Crippen LogP contribution in [0.5, 0.6) is 11.5 Å². The zero-order chi connectivity index (χ0) is 19.2. The van der Waals surface area contributed by atoms with Crippen molar-refractivity contribution in [2.45, 2.75) is 35.2 Å². The van der Waals surface area contributed by atoms with Crippen molar-refractivity contribution in [3.05, 3.63) is 35.9 Å². The largest absolute Gasteiger partial charge is 0.493 e. The van der Waals surface area contributed by atoms with Gasteiger partial charge in [0.25, 0.3) is 0 Å². The summed E-state index contributed by atoms with van der Waals surface area (Å²) in [6.07, 6.45) is 6.59. The quantitative estimate of drug-likeness (QED) is 0.760. The standard InChI is InChI=1S/C20H27N3O3S/c1-23-9-8-19(13-4-5-15(25-2)16(10-13)26-3)6-7-20(11-17(19)23)22-14(12-27-20)18(21)24/h4-7,10,14,17,22H,8-9,11-12H2,1-3H3,(H2,21,24). The van der Waals surface area contributed by atoms with Gasteiger partial charge in [-0.1, -0.05) is 18.2 Å². The van der Waals surface area contributed by atoms with Gasteiger partial charge >= 0.3 is 0 Å². The molecule has 4 unspecified atom stereocenters. The Kier molecular flexibility index (Phi) is 4.64. The first-order valence-electron chi connectivity index (χ1n) is 9.27. The number of carbonyl (C=O) groups excluding carboxylic acids is 1. The second kappa shape index (κ2) is 6.72. The summed E-state index contributed by atoms with van der Waals surface area (Å²) in [7, 11) is 5.52. The lowest BCUT2D eigenvalue weighted by atomic mass is 9.68. The molecule has 2 heterocycles. The Labute approximate surface area is 164 Å². The third-order valence-electron chi connectivity index (χ3n) is 6.34. The lowest BCUT2D eigenvalue weighted by Gasteiger charge is -2.44. The second-order valence-electron chi connectivity index (χ2n) is 7.69. The monoisotopic (exact) mass is 389 g/mol. The van der Waals surface area contributed by atoms with Crippen LogP contribution in [0, 0.1) is 0 Å². The van der Waals surface area contributed by atoms with Crippen LogP contribution in [0.3, 0.4) is 0 Å². The van der Waals surface area contributed by atoms with Crippen LogP contribution in [0.2, 0.25) is 0 Å². The lowest BCUT2D eigenvalue weighted by Crippen LogP contribution is -2.54. The fourth-order valence-corrected chi connectivity index (χ4v) is 6.16. The zero-order valence-corrected chi connectivity index (χ0v) is 16.8. The molecule has 3 N–H and O–H groups in total. The van der Waals surface area contributed by atoms with Gasteiger partial charge in [-0.3, -0.25) is 10.1 Å². The van der Waals surface area contributed by atoms with E-state index in [4.69, 9.17) is 15.2 Å². The summed E-state index contributed by atoms with van der Waals surface area (Å²) in [5.41, 5.74) is 6.71. The van der Waals surface area contributed by atoms with Gasteiger partial charge in [0.15, 0.2) is 11.5 Å². The number of nitrogens with one attached hydrogen (secondary N) is 1. The Bertz CT molecular complexity index is 786. The highest BCUT2D eigenvalue weighted by atomic mass is 32.2. The number of nitrogens with two attached hydrogens (primary N) is 1. The molecule has 2 fully saturated rings. The van der Waals surface area contributed by atoms with Gasteiger partial charge in [-0.2, -0.15) is 0 Å². The van der Waals surface area contributed by atoms with Crippen LogP contribution >= 0.6 is 11.8 Å². The van der Waals surface area contributed by atoms with E-state index in [0.29, 0.717) is 6.04 Å². The molecule has 1 spiro atoms. The van der Waals surface area contributed by atoms with Gasteiger partial charge in [0.1, 0.15) is 0 Å². The summed E-state index contributed by atoms with van der Waals surface area (Å²) >= 11 is 1.79. The number of nitrogens with zero attached hydrogens (tertiary/aromatic N) is 1. The Morgan fingerprint density at radius 3 is 2.74 bits per heavy atom. The molecule has 1 amide bonds. The lowest BCUT2D eigenvalue weighted by molar-refractivity contribution is -0.119. The minimum absolute atomic E-state index is 0.0629. The number of amides is 1. The SMILES string of the molecule is COc1ccc(C23C=CC4(CC2N(C)CC3)NC(C(N)=O)CS4)cc1OC. The summed E-state index contributed by atoms with van der Waals surface area (Å²) in [4.78, 5) is 13.8. The normalized spacial score (nSPS) is 35.4. The number of benzene rings is 1. The number of ether oxygens (including phenoxy) is 2. The molecule has 7 heteroatoms. The fraction of sp³-hybridized carbons (Fsp3) is 0.550. The summed E-state index contributed by atoms with van der Waals surface area (Å²) in [5, 5.41) is 3.48. The van der Waals surface area contributed by atoms with E-state index in [9.17, 15) is 4.79 Å². The Balaban J connectivity index is 1.72. The predicted molar refractivity (Wildman–Crippen MR) is 107 cm³/mol. The Morgan fingerprint density at radius 2 is 2.07 bits per heavy atom. The summed E-state index contributed by atoms with van der Waals surface area (Å²) in [6.45, 7) is 1.03. The Morgan fingerprint density at radius 1 is 1.30 bits per heavy atom. The van der Waals surface area contributed by atoms with Crippen molar-refractivity contribution < 1.29 is 14.3 Å². The molecular weight excluding hydrogens is 362 g/mol. The first-order valence-corrected chi connectivity index (χ1v) is 10.3. The second-order valence-corrected chi connectivity index (χ2v) is 9.04. The number of thioether (sulfide) groups is 1. The molecule has 27 heavy (non-hydrogen) atoms. The number of methoxy groups -OCH3 is 2. The number of primary amides is 1. The van der Waals surface area contributed by atoms with E-state index in [1.165, 1.54) is 5.56 Å². The molecule has 1 aliphatic carbocycles. The third kappa shape index (κ3) is 2.92. The van der Waals surface area contributed by atoms with Crippen LogP contribution in [-0.2, 0) is 10.2 Å². The Hall–Kier alpha value is -1.70. The number of hydrogen-bond donors (Lipinski definition) is 2. The molecule has 146 valence electrons. The van der Waals surface area contributed by atoms with Crippen molar-refractivity contribution in [1.29, 1.82) is 0 Å². The molecule has 1 aromatic rings. The van der Waals surface area contributed by atoms with Gasteiger partial charge < -0.3 is 20.1 Å². The van der Waals surface area contributed by atoms with Crippen molar-refractivity contribution in [1.82, 2.24) is 10.2 Å². The van der Waals surface area contributed by atoms with Crippen LogP contribution in [0.1, 0.15) is 18.4 Å². The van der Waals surface area contributed by atoms with Gasteiger partial charge in [-0.15, -0.1) is 11.8 Å². The zero-order valence-electron chi connectivity index (χ0n) is 16.0. The molecule has 0 bridgehead atoms. The molecule has 0 radical (unpaired) electrons. The van der Waals surface area contributed by atoms with E-state index in [-0.39, 0.29) is 22.2 Å². The molecule has 4 atom stereocenters. The highest BCUT2D eigenvalue weighted by Crippen LogP contribution is 2.52. The van der Waals surface area contributed by atoms with Crippen molar-refractivity contribution in [2.75, 3.05) is 33.6 Å². The molecule has 3 aliphatic rings. The molecule has 2 aliphatic heterocycles. The predicted octanol–water partition coefficient (Wildman–Crippen LogP) is 1.49. The van der Waals surface area contributed by atoms with Gasteiger partial charge in [0.05, 0.1) is 25.1 Å². The molecule has 1 aromatic carbocycles. The van der Waals surface area contributed by atoms with Crippen LogP contribution in [0.15, 0.2) is 30.4 Å². The summed E-state index contributed by atoms with van der Waals surface area (Å²) < 4.78 is 11.0. The number of likely N-dealkylation sites (tertiary alicyclic amines) is 1. The first kappa shape index (κ1) is 18.7. The summed E-state index contributed by atoms with van der Waals surface area (Å²) in [6, 6.07) is 6.32. The molecule has 0 saturated carbocycles. The minimum Gasteiger partial charge on any atom is -0.493 e. The molecule has 0 aromatic heterocycles. The van der Waals surface area contributed by atoms with Gasteiger partial charge in [0, 0.05) is 17.2 Å². The molecule has 6 nitrogen and oxygen atoms in total. The maximum atomic E-state index is 11.6. The van der Waals surface area contributed by atoms with Crippen LogP contribution in [0.25, 0.3) is 0 Å². The fourth-order valence-electron chi connectivity index (χ4n) is 4.78. The molecular formula is C20H27N3O3S. The van der Waals surface area contributed by atoms with E-state index < -0.39 is 0 Å². The van der Waals surface area contributed by atoms with Crippen molar-refractivity contribution in [2.24, 2.45) is 5.73 Å². The number of likely N-dealkylation sites (N-methyl/N-ethyl adjacent to an activating group) is 1. The molecule has 2 saturated heterocycles. The van der Waals surface area contributed by atoms with Crippen LogP contribution in [-0.4, -0.2) is 61.3 Å². The first-order chi connectivity index (χ1) is 12.9. The summed E-state index contributed by atoms with van der Waals surface area (Å²) in [5.74, 6) is 1.95. The number of fused-ring (bicyclic) bond motifs is 1. The smallest absolute Gasteiger partial charge is 0.235 e. The van der Waals surface area contributed by atoms with E-state index in [0.717, 1.165) is 36.6 Å². The van der Waals surface area contributed by atoms with Gasteiger partial charge in [-0.05, 0) is 44.1 Å². The average molecular weight is 390 g/mol. The van der Waals surface area contributed by atoms with Crippen molar-refractivity contribution >= 4 is 17.7 Å². The van der Waals surface area contributed by atoms with E-state index in [1.807, 2.05) is 6.07 Å². The minimum atomic E-state index is -0.274. The van der Waals surface area contributed by atoms with Gasteiger partial charge in [0.2, 0.25) is 5.91 Å². The van der Waals surface area contributed by atoms with E-state index in [2.05, 4.69) is 41.5 Å². The number of carbonyl (C=O) groups is 1. The highest BCUT2D eigenvalue weighted by Gasteiger charge is 2.54. The maximum absolute atomic E-state index is 11.6. The topological polar surface area (TPSA) is 76.8 Å². The highest BCUT2D eigenvalue weighted by molar-refractivity contribution is 8.01.